The lowest BCUT2D eigenvalue weighted by atomic mass is 9.94. The maximum Gasteiger partial charge on any atom is 0.273 e. The van der Waals surface area contributed by atoms with Crippen molar-refractivity contribution in [3.63, 3.8) is 0 Å². The van der Waals surface area contributed by atoms with Gasteiger partial charge in [0.15, 0.2) is 0 Å². The number of aryl methyl sites for hydroxylation is 2. The molecule has 36 heavy (non-hydrogen) atoms. The fourth-order valence-corrected chi connectivity index (χ4v) is 4.75. The van der Waals surface area contributed by atoms with Gasteiger partial charge in [0.1, 0.15) is 22.9 Å². The molecule has 1 aliphatic heterocycles. The number of hydrogen-bond donors (Lipinski definition) is 2. The molecule has 4 rings (SSSR count). The van der Waals surface area contributed by atoms with E-state index in [9.17, 15) is 9.90 Å². The lowest BCUT2D eigenvalue weighted by Crippen LogP contribution is -2.31. The van der Waals surface area contributed by atoms with Gasteiger partial charge in [-0.25, -0.2) is 0 Å². The van der Waals surface area contributed by atoms with E-state index in [2.05, 4.69) is 17.1 Å². The van der Waals surface area contributed by atoms with Crippen LogP contribution < -0.4 is 4.74 Å². The number of aromatic nitrogens is 2. The number of aromatic hydroxyl groups is 1. The number of carbonyl (C=O) groups is 1. The summed E-state index contributed by atoms with van der Waals surface area (Å²) in [6.07, 6.45) is 2.95. The maximum absolute atomic E-state index is 13.5. The van der Waals surface area contributed by atoms with Crippen molar-refractivity contribution < 1.29 is 19.4 Å². The molecular weight excluding hydrogens is 454 g/mol. The summed E-state index contributed by atoms with van der Waals surface area (Å²) in [5.41, 5.74) is 5.28. The van der Waals surface area contributed by atoms with Crippen LogP contribution in [0.25, 0.3) is 11.3 Å². The van der Waals surface area contributed by atoms with Crippen molar-refractivity contribution >= 4 is 5.91 Å². The van der Waals surface area contributed by atoms with E-state index >= 15 is 0 Å². The lowest BCUT2D eigenvalue weighted by molar-refractivity contribution is 0.0601. The van der Waals surface area contributed by atoms with Crippen molar-refractivity contribution in [3.8, 4) is 22.8 Å². The molecule has 1 atom stereocenters. The first-order valence-corrected chi connectivity index (χ1v) is 12.9. The summed E-state index contributed by atoms with van der Waals surface area (Å²) in [6.45, 7) is 11.8. The Morgan fingerprint density at radius 1 is 1.11 bits per heavy atom. The highest BCUT2D eigenvalue weighted by atomic mass is 16.5. The third-order valence-corrected chi connectivity index (χ3v) is 6.52. The van der Waals surface area contributed by atoms with E-state index in [0.717, 1.165) is 47.3 Å². The fourth-order valence-electron chi connectivity index (χ4n) is 4.75. The van der Waals surface area contributed by atoms with E-state index < -0.39 is 0 Å². The molecular formula is C29H37N3O4. The van der Waals surface area contributed by atoms with E-state index in [-0.39, 0.29) is 23.8 Å². The van der Waals surface area contributed by atoms with Gasteiger partial charge in [-0.15, -0.1) is 0 Å². The normalized spacial score (nSPS) is 15.1. The first-order chi connectivity index (χ1) is 17.3. The van der Waals surface area contributed by atoms with Crippen molar-refractivity contribution in [2.75, 3.05) is 19.8 Å². The highest BCUT2D eigenvalue weighted by Crippen LogP contribution is 2.45. The van der Waals surface area contributed by atoms with Crippen molar-refractivity contribution in [2.24, 2.45) is 0 Å². The number of carbonyl (C=O) groups excluding carboxylic acids is 1. The molecule has 0 spiro atoms. The third-order valence-electron chi connectivity index (χ3n) is 6.52. The van der Waals surface area contributed by atoms with Gasteiger partial charge in [-0.2, -0.15) is 5.10 Å². The number of nitrogens with one attached hydrogen (secondary N) is 1. The smallest absolute Gasteiger partial charge is 0.273 e. The molecule has 0 aliphatic carbocycles. The van der Waals surface area contributed by atoms with Gasteiger partial charge >= 0.3 is 0 Å². The van der Waals surface area contributed by atoms with Crippen LogP contribution in [0.4, 0.5) is 0 Å². The van der Waals surface area contributed by atoms with E-state index in [4.69, 9.17) is 9.47 Å². The largest absolute Gasteiger partial charge is 0.507 e. The zero-order valence-corrected chi connectivity index (χ0v) is 21.9. The number of hydrogen-bond acceptors (Lipinski definition) is 5. The minimum Gasteiger partial charge on any atom is -0.507 e. The molecule has 2 heterocycles. The molecule has 0 fully saturated rings. The minimum atomic E-state index is -0.329. The lowest BCUT2D eigenvalue weighted by Gasteiger charge is -2.27. The van der Waals surface area contributed by atoms with Gasteiger partial charge in [-0.1, -0.05) is 31.5 Å². The van der Waals surface area contributed by atoms with Gasteiger partial charge in [0.25, 0.3) is 5.91 Å². The first kappa shape index (κ1) is 25.8. The van der Waals surface area contributed by atoms with Crippen molar-refractivity contribution in [3.05, 3.63) is 64.3 Å². The van der Waals surface area contributed by atoms with Crippen LogP contribution in [-0.4, -0.2) is 52.0 Å². The van der Waals surface area contributed by atoms with Gasteiger partial charge in [-0.3, -0.25) is 9.89 Å². The Kier molecular flexibility index (Phi) is 7.99. The number of phenolic OH excluding ortho intramolecular Hbond substituents is 1. The number of rotatable bonds is 11. The molecule has 2 N–H and O–H groups in total. The number of aromatic amines is 1. The van der Waals surface area contributed by atoms with Crippen LogP contribution in [0.3, 0.4) is 0 Å². The van der Waals surface area contributed by atoms with Gasteiger partial charge in [0.2, 0.25) is 0 Å². The molecule has 1 unspecified atom stereocenters. The molecule has 1 aromatic heterocycles. The second kappa shape index (κ2) is 11.2. The Morgan fingerprint density at radius 3 is 2.56 bits per heavy atom. The average Bonchev–Trinajstić information content (AvgIpc) is 3.38. The second-order valence-corrected chi connectivity index (χ2v) is 9.78. The van der Waals surface area contributed by atoms with Crippen LogP contribution in [0.5, 0.6) is 11.5 Å². The highest BCUT2D eigenvalue weighted by Gasteiger charge is 2.42. The van der Waals surface area contributed by atoms with Crippen LogP contribution in [0.15, 0.2) is 36.4 Å². The number of fused-ring (bicyclic) bond motifs is 1. The van der Waals surface area contributed by atoms with Crippen LogP contribution in [0.2, 0.25) is 0 Å². The SMILES string of the molecule is CCCCOc1ccc(C2c3c(-c4cc(C)cc(C)c4O)n[nH]c3C(=O)N2CCCOC(C)C)cc1. The number of benzene rings is 2. The molecule has 1 aliphatic rings. The Balaban J connectivity index is 1.72. The second-order valence-electron chi connectivity index (χ2n) is 9.78. The van der Waals surface area contributed by atoms with Crippen LogP contribution in [0, 0.1) is 13.8 Å². The van der Waals surface area contributed by atoms with Crippen LogP contribution in [0.1, 0.15) is 78.8 Å². The summed E-state index contributed by atoms with van der Waals surface area (Å²) in [7, 11) is 0. The Labute approximate surface area is 213 Å². The number of ether oxygens (including phenoxy) is 2. The fraction of sp³-hybridized carbons (Fsp3) is 0.448. The summed E-state index contributed by atoms with van der Waals surface area (Å²) in [6, 6.07) is 11.5. The van der Waals surface area contributed by atoms with E-state index in [1.165, 1.54) is 0 Å². The molecule has 0 bridgehead atoms. The summed E-state index contributed by atoms with van der Waals surface area (Å²) >= 11 is 0. The third kappa shape index (κ3) is 5.26. The van der Waals surface area contributed by atoms with Crippen molar-refractivity contribution in [1.82, 2.24) is 15.1 Å². The Morgan fingerprint density at radius 2 is 1.86 bits per heavy atom. The molecule has 0 saturated carbocycles. The van der Waals surface area contributed by atoms with E-state index in [1.54, 1.807) is 0 Å². The average molecular weight is 492 g/mol. The summed E-state index contributed by atoms with van der Waals surface area (Å²) in [5.74, 6) is 0.906. The Hall–Kier alpha value is -3.32. The first-order valence-electron chi connectivity index (χ1n) is 12.9. The summed E-state index contributed by atoms with van der Waals surface area (Å²) < 4.78 is 11.6. The number of unbranched alkanes of at least 4 members (excludes halogenated alkanes) is 1. The molecule has 0 radical (unpaired) electrons. The Bertz CT molecular complexity index is 1200. The zero-order chi connectivity index (χ0) is 25.8. The summed E-state index contributed by atoms with van der Waals surface area (Å²) in [5, 5.41) is 18.4. The maximum atomic E-state index is 13.5. The van der Waals surface area contributed by atoms with E-state index in [1.807, 2.05) is 69.0 Å². The molecule has 2 aromatic carbocycles. The number of H-pyrrole nitrogens is 1. The molecule has 7 heteroatoms. The molecule has 7 nitrogen and oxygen atoms in total. The van der Waals surface area contributed by atoms with Gasteiger partial charge in [0.05, 0.1) is 18.8 Å². The molecule has 1 amide bonds. The van der Waals surface area contributed by atoms with Crippen molar-refractivity contribution in [1.29, 1.82) is 0 Å². The minimum absolute atomic E-state index is 0.0922. The number of amides is 1. The predicted molar refractivity (Wildman–Crippen MR) is 141 cm³/mol. The zero-order valence-electron chi connectivity index (χ0n) is 21.9. The molecule has 192 valence electrons. The van der Waals surface area contributed by atoms with E-state index in [0.29, 0.717) is 36.7 Å². The molecule has 0 saturated heterocycles. The monoisotopic (exact) mass is 491 g/mol. The number of nitrogens with zero attached hydrogens (tertiary/aromatic N) is 2. The predicted octanol–water partition coefficient (Wildman–Crippen LogP) is 5.94. The molecule has 3 aromatic rings. The number of phenols is 1. The van der Waals surface area contributed by atoms with Gasteiger partial charge in [0, 0.05) is 24.3 Å². The van der Waals surface area contributed by atoms with Crippen molar-refractivity contribution in [2.45, 2.75) is 66.0 Å². The van der Waals surface area contributed by atoms with Crippen LogP contribution in [-0.2, 0) is 4.74 Å². The highest BCUT2D eigenvalue weighted by molar-refractivity contribution is 6.00. The summed E-state index contributed by atoms with van der Waals surface area (Å²) in [4.78, 5) is 15.4. The van der Waals surface area contributed by atoms with Gasteiger partial charge in [-0.05, 0) is 75.4 Å². The van der Waals surface area contributed by atoms with Gasteiger partial charge < -0.3 is 19.5 Å². The standard InChI is InChI=1S/C29H37N3O4/c1-6-7-14-36-22-11-9-21(10-12-22)27-24-25(23-17-19(4)16-20(5)28(23)33)30-31-26(24)29(34)32(27)13-8-15-35-18(2)3/h9-12,16-18,27,33H,6-8,13-15H2,1-5H3,(H,30,31). The quantitative estimate of drug-likeness (QED) is 0.324. The van der Waals surface area contributed by atoms with Crippen LogP contribution >= 0.6 is 0 Å². The topological polar surface area (TPSA) is 87.7 Å².